The van der Waals surface area contributed by atoms with E-state index in [9.17, 15) is 0 Å². The van der Waals surface area contributed by atoms with Gasteiger partial charge in [-0.3, -0.25) is 0 Å². The summed E-state index contributed by atoms with van der Waals surface area (Å²) >= 11 is 0. The first kappa shape index (κ1) is 13.6. The van der Waals surface area contributed by atoms with Crippen molar-refractivity contribution in [3.63, 3.8) is 0 Å². The molecule has 19 heavy (non-hydrogen) atoms. The summed E-state index contributed by atoms with van der Waals surface area (Å²) in [5.74, 6) is 0.666. The second kappa shape index (κ2) is 6.39. The molecule has 3 N–H and O–H groups in total. The minimum atomic E-state index is 0.492. The lowest BCUT2D eigenvalue weighted by atomic mass is 10.2. The number of nitrogens with one attached hydrogen (secondary N) is 1. The number of hydrogen-bond acceptors (Lipinski definition) is 5. The molecule has 0 atom stereocenters. The zero-order valence-electron chi connectivity index (χ0n) is 11.4. The highest BCUT2D eigenvalue weighted by Crippen LogP contribution is 2.22. The molecule has 0 unspecified atom stereocenters. The molecule has 1 aliphatic carbocycles. The van der Waals surface area contributed by atoms with E-state index < -0.39 is 0 Å². The summed E-state index contributed by atoms with van der Waals surface area (Å²) in [5, 5.41) is 12.0. The van der Waals surface area contributed by atoms with Crippen molar-refractivity contribution in [2.24, 2.45) is 0 Å². The van der Waals surface area contributed by atoms with Gasteiger partial charge in [0.15, 0.2) is 0 Å². The number of rotatable bonds is 5. The van der Waals surface area contributed by atoms with Gasteiger partial charge in [0, 0.05) is 25.3 Å². The van der Waals surface area contributed by atoms with Crippen LogP contribution < -0.4 is 11.1 Å². The fraction of sp³-hybridized carbons (Fsp3) is 0.571. The molecule has 102 valence electrons. The molecule has 0 spiro atoms. The molecule has 1 saturated carbocycles. The van der Waals surface area contributed by atoms with Crippen molar-refractivity contribution < 1.29 is 0 Å². The van der Waals surface area contributed by atoms with Crippen molar-refractivity contribution in [3.05, 3.63) is 17.8 Å². The Hall–Kier alpha value is -1.80. The minimum absolute atomic E-state index is 0.492. The Morgan fingerprint density at radius 2 is 2.26 bits per heavy atom. The predicted molar refractivity (Wildman–Crippen MR) is 76.7 cm³/mol. The van der Waals surface area contributed by atoms with Gasteiger partial charge in [-0.25, -0.2) is 4.98 Å². The Balaban J connectivity index is 1.80. The van der Waals surface area contributed by atoms with Gasteiger partial charge in [0.05, 0.1) is 11.3 Å². The van der Waals surface area contributed by atoms with Crippen LogP contribution >= 0.6 is 0 Å². The van der Waals surface area contributed by atoms with Gasteiger partial charge >= 0.3 is 0 Å². The molecule has 2 rings (SSSR count). The van der Waals surface area contributed by atoms with Crippen molar-refractivity contribution in [3.8, 4) is 6.07 Å². The lowest BCUT2D eigenvalue weighted by molar-refractivity contribution is 0.254. The number of likely N-dealkylation sites (N-methyl/N-ethyl adjacent to an activating group) is 1. The van der Waals surface area contributed by atoms with Crippen LogP contribution in [0, 0.1) is 11.3 Å². The summed E-state index contributed by atoms with van der Waals surface area (Å²) in [6.45, 7) is 1.79. The van der Waals surface area contributed by atoms with Crippen LogP contribution in [0.2, 0.25) is 0 Å². The van der Waals surface area contributed by atoms with Crippen molar-refractivity contribution in [2.45, 2.75) is 31.7 Å². The molecule has 1 fully saturated rings. The van der Waals surface area contributed by atoms with Crippen LogP contribution in [0.25, 0.3) is 0 Å². The van der Waals surface area contributed by atoms with Gasteiger partial charge in [0.1, 0.15) is 11.9 Å². The fourth-order valence-corrected chi connectivity index (χ4v) is 2.57. The van der Waals surface area contributed by atoms with Crippen LogP contribution in [0.5, 0.6) is 0 Å². The second-order valence-electron chi connectivity index (χ2n) is 5.12. The van der Waals surface area contributed by atoms with E-state index in [1.54, 1.807) is 12.3 Å². The van der Waals surface area contributed by atoms with E-state index >= 15 is 0 Å². The minimum Gasteiger partial charge on any atom is -0.396 e. The number of hydrogen-bond donors (Lipinski definition) is 2. The Morgan fingerprint density at radius 1 is 1.53 bits per heavy atom. The van der Waals surface area contributed by atoms with Gasteiger partial charge in [-0.05, 0) is 26.0 Å². The van der Waals surface area contributed by atoms with E-state index in [1.165, 1.54) is 25.7 Å². The van der Waals surface area contributed by atoms with E-state index in [-0.39, 0.29) is 0 Å². The van der Waals surface area contributed by atoms with Crippen LogP contribution in [0.4, 0.5) is 11.5 Å². The molecular formula is C14H21N5. The standard InChI is InChI=1S/C14H21N5/c1-19(12-4-2-3-5-12)7-6-17-14-13(16)8-11(9-15)10-18-14/h8,10,12H,2-7,16H2,1H3,(H,17,18). The van der Waals surface area contributed by atoms with Crippen molar-refractivity contribution in [2.75, 3.05) is 31.2 Å². The molecule has 0 amide bonds. The summed E-state index contributed by atoms with van der Waals surface area (Å²) in [5.41, 5.74) is 6.87. The van der Waals surface area contributed by atoms with Gasteiger partial charge in [-0.15, -0.1) is 0 Å². The first-order valence-electron chi connectivity index (χ1n) is 6.80. The first-order chi connectivity index (χ1) is 9.20. The largest absolute Gasteiger partial charge is 0.396 e. The molecule has 0 saturated heterocycles. The van der Waals surface area contributed by atoms with Crippen LogP contribution in [-0.2, 0) is 0 Å². The summed E-state index contributed by atoms with van der Waals surface area (Å²) in [6.07, 6.45) is 6.88. The van der Waals surface area contributed by atoms with Crippen molar-refractivity contribution >= 4 is 11.5 Å². The molecule has 0 bridgehead atoms. The van der Waals surface area contributed by atoms with Crippen molar-refractivity contribution in [1.29, 1.82) is 5.26 Å². The maximum Gasteiger partial charge on any atom is 0.149 e. The third kappa shape index (κ3) is 3.58. The third-order valence-electron chi connectivity index (χ3n) is 3.75. The molecule has 1 aromatic rings. The molecule has 0 aliphatic heterocycles. The second-order valence-corrected chi connectivity index (χ2v) is 5.12. The summed E-state index contributed by atoms with van der Waals surface area (Å²) < 4.78 is 0. The Kier molecular flexibility index (Phi) is 4.58. The molecule has 1 aromatic heterocycles. The smallest absolute Gasteiger partial charge is 0.149 e. The van der Waals surface area contributed by atoms with E-state index in [4.69, 9.17) is 11.0 Å². The van der Waals surface area contributed by atoms with E-state index in [0.717, 1.165) is 19.1 Å². The molecule has 5 nitrogen and oxygen atoms in total. The average molecular weight is 259 g/mol. The Bertz CT molecular complexity index is 459. The van der Waals surface area contributed by atoms with Crippen LogP contribution in [0.1, 0.15) is 31.2 Å². The number of aromatic nitrogens is 1. The predicted octanol–water partition coefficient (Wildman–Crippen LogP) is 1.82. The van der Waals surface area contributed by atoms with Gasteiger partial charge in [0.25, 0.3) is 0 Å². The third-order valence-corrected chi connectivity index (χ3v) is 3.75. The van der Waals surface area contributed by atoms with Gasteiger partial charge in [0.2, 0.25) is 0 Å². The molecule has 1 aliphatic rings. The topological polar surface area (TPSA) is 78.0 Å². The monoisotopic (exact) mass is 259 g/mol. The lowest BCUT2D eigenvalue weighted by Gasteiger charge is -2.24. The highest BCUT2D eigenvalue weighted by Gasteiger charge is 2.18. The zero-order chi connectivity index (χ0) is 13.7. The van der Waals surface area contributed by atoms with Crippen molar-refractivity contribution in [1.82, 2.24) is 9.88 Å². The number of nitrogens with two attached hydrogens (primary N) is 1. The summed E-state index contributed by atoms with van der Waals surface area (Å²) in [4.78, 5) is 6.57. The maximum absolute atomic E-state index is 8.75. The van der Waals surface area contributed by atoms with Crippen LogP contribution in [-0.4, -0.2) is 36.1 Å². The van der Waals surface area contributed by atoms with Crippen LogP contribution in [0.15, 0.2) is 12.3 Å². The molecule has 1 heterocycles. The normalized spacial score (nSPS) is 15.6. The molecule has 0 aromatic carbocycles. The highest BCUT2D eigenvalue weighted by molar-refractivity contribution is 5.62. The van der Waals surface area contributed by atoms with Gasteiger partial charge in [-0.1, -0.05) is 12.8 Å². The fourth-order valence-electron chi connectivity index (χ4n) is 2.57. The van der Waals surface area contributed by atoms with E-state index in [1.807, 2.05) is 6.07 Å². The molecular weight excluding hydrogens is 238 g/mol. The van der Waals surface area contributed by atoms with Gasteiger partial charge in [-0.2, -0.15) is 5.26 Å². The van der Waals surface area contributed by atoms with Gasteiger partial charge < -0.3 is 16.0 Å². The molecule has 5 heteroatoms. The number of nitrogens with zero attached hydrogens (tertiary/aromatic N) is 3. The highest BCUT2D eigenvalue weighted by atomic mass is 15.2. The Labute approximate surface area is 114 Å². The lowest BCUT2D eigenvalue weighted by Crippen LogP contribution is -2.33. The number of nitriles is 1. The summed E-state index contributed by atoms with van der Waals surface area (Å²) in [7, 11) is 2.17. The Morgan fingerprint density at radius 3 is 2.89 bits per heavy atom. The number of nitrogen functional groups attached to an aromatic ring is 1. The first-order valence-corrected chi connectivity index (χ1v) is 6.80. The zero-order valence-corrected chi connectivity index (χ0v) is 11.4. The van der Waals surface area contributed by atoms with E-state index in [2.05, 4.69) is 22.2 Å². The van der Waals surface area contributed by atoms with E-state index in [0.29, 0.717) is 17.1 Å². The quantitative estimate of drug-likeness (QED) is 0.843. The van der Waals surface area contributed by atoms with Crippen LogP contribution in [0.3, 0.4) is 0 Å². The number of anilines is 2. The summed E-state index contributed by atoms with van der Waals surface area (Å²) in [6, 6.07) is 4.41. The maximum atomic E-state index is 8.75. The number of pyridine rings is 1. The SMILES string of the molecule is CN(CCNc1ncc(C#N)cc1N)C1CCCC1. The average Bonchev–Trinajstić information content (AvgIpc) is 2.94. The molecule has 0 radical (unpaired) electrons.